The summed E-state index contributed by atoms with van der Waals surface area (Å²) < 4.78 is 0. The minimum Gasteiger partial charge on any atom is -0.390 e. The summed E-state index contributed by atoms with van der Waals surface area (Å²) in [5.41, 5.74) is 1.78. The van der Waals surface area contributed by atoms with Gasteiger partial charge in [0.1, 0.15) is 0 Å². The standard InChI is InChI=1S/C15H21N3O/c1-18(11-15(19)9-17-14-5-6-14)10-13-4-2-3-12(7-13)8-16/h2-4,7,14-15,17,19H,5-6,9-11H2,1H3. The van der Waals surface area contributed by atoms with Crippen LogP contribution in [0.25, 0.3) is 0 Å². The molecule has 1 fully saturated rings. The molecule has 102 valence electrons. The van der Waals surface area contributed by atoms with Gasteiger partial charge in [0.05, 0.1) is 17.7 Å². The van der Waals surface area contributed by atoms with Crippen LogP contribution >= 0.6 is 0 Å². The summed E-state index contributed by atoms with van der Waals surface area (Å²) in [4.78, 5) is 2.08. The molecular weight excluding hydrogens is 238 g/mol. The average molecular weight is 259 g/mol. The third kappa shape index (κ3) is 4.99. The van der Waals surface area contributed by atoms with E-state index in [0.717, 1.165) is 12.1 Å². The molecule has 1 aliphatic carbocycles. The van der Waals surface area contributed by atoms with E-state index in [1.807, 2.05) is 25.2 Å². The fourth-order valence-electron chi connectivity index (χ4n) is 2.13. The summed E-state index contributed by atoms with van der Waals surface area (Å²) in [5, 5.41) is 22.1. The molecule has 1 aromatic carbocycles. The minimum absolute atomic E-state index is 0.343. The molecule has 1 aromatic rings. The lowest BCUT2D eigenvalue weighted by atomic mass is 10.1. The lowest BCUT2D eigenvalue weighted by Crippen LogP contribution is -2.37. The summed E-state index contributed by atoms with van der Waals surface area (Å²) in [7, 11) is 1.99. The number of nitriles is 1. The van der Waals surface area contributed by atoms with Gasteiger partial charge in [-0.05, 0) is 37.6 Å². The van der Waals surface area contributed by atoms with Crippen LogP contribution in [0.2, 0.25) is 0 Å². The van der Waals surface area contributed by atoms with E-state index in [2.05, 4.69) is 16.3 Å². The Labute approximate surface area is 114 Å². The second kappa shape index (κ2) is 6.67. The van der Waals surface area contributed by atoms with E-state index in [1.54, 1.807) is 6.07 Å². The second-order valence-corrected chi connectivity index (χ2v) is 5.35. The van der Waals surface area contributed by atoms with Crippen LogP contribution in [-0.2, 0) is 6.54 Å². The molecule has 0 radical (unpaired) electrons. The van der Waals surface area contributed by atoms with E-state index in [1.165, 1.54) is 12.8 Å². The van der Waals surface area contributed by atoms with Crippen LogP contribution in [0.15, 0.2) is 24.3 Å². The van der Waals surface area contributed by atoms with Gasteiger partial charge in [-0.15, -0.1) is 0 Å². The highest BCUT2D eigenvalue weighted by Gasteiger charge is 2.21. The van der Waals surface area contributed by atoms with Crippen molar-refractivity contribution in [2.45, 2.75) is 31.5 Å². The molecule has 1 aliphatic rings. The van der Waals surface area contributed by atoms with Crippen LogP contribution in [0, 0.1) is 11.3 Å². The Morgan fingerprint density at radius 2 is 2.32 bits per heavy atom. The van der Waals surface area contributed by atoms with Gasteiger partial charge < -0.3 is 10.4 Å². The molecule has 0 spiro atoms. The normalized spacial score (nSPS) is 16.3. The van der Waals surface area contributed by atoms with Crippen LogP contribution in [0.3, 0.4) is 0 Å². The smallest absolute Gasteiger partial charge is 0.0991 e. The van der Waals surface area contributed by atoms with Gasteiger partial charge in [0.15, 0.2) is 0 Å². The average Bonchev–Trinajstić information content (AvgIpc) is 3.20. The second-order valence-electron chi connectivity index (χ2n) is 5.35. The van der Waals surface area contributed by atoms with Gasteiger partial charge in [0.25, 0.3) is 0 Å². The highest BCUT2D eigenvalue weighted by Crippen LogP contribution is 2.18. The van der Waals surface area contributed by atoms with Crippen molar-refractivity contribution in [3.63, 3.8) is 0 Å². The van der Waals surface area contributed by atoms with Crippen LogP contribution < -0.4 is 5.32 Å². The van der Waals surface area contributed by atoms with Crippen LogP contribution in [0.1, 0.15) is 24.0 Å². The zero-order valence-corrected chi connectivity index (χ0v) is 11.3. The Balaban J connectivity index is 1.75. The van der Waals surface area contributed by atoms with E-state index in [4.69, 9.17) is 5.26 Å². The monoisotopic (exact) mass is 259 g/mol. The van der Waals surface area contributed by atoms with Crippen LogP contribution in [-0.4, -0.2) is 42.3 Å². The van der Waals surface area contributed by atoms with Gasteiger partial charge in [-0.2, -0.15) is 5.26 Å². The van der Waals surface area contributed by atoms with Crippen molar-refractivity contribution in [2.24, 2.45) is 0 Å². The molecule has 0 aliphatic heterocycles. The maximum Gasteiger partial charge on any atom is 0.0991 e. The van der Waals surface area contributed by atoms with Gasteiger partial charge in [-0.1, -0.05) is 12.1 Å². The number of aliphatic hydroxyl groups is 1. The topological polar surface area (TPSA) is 59.3 Å². The van der Waals surface area contributed by atoms with Crippen molar-refractivity contribution in [2.75, 3.05) is 20.1 Å². The first-order valence-corrected chi connectivity index (χ1v) is 6.76. The van der Waals surface area contributed by atoms with Crippen molar-refractivity contribution < 1.29 is 5.11 Å². The lowest BCUT2D eigenvalue weighted by molar-refractivity contribution is 0.121. The van der Waals surface area contributed by atoms with E-state index >= 15 is 0 Å². The zero-order valence-electron chi connectivity index (χ0n) is 11.3. The Hall–Kier alpha value is -1.41. The van der Waals surface area contributed by atoms with E-state index in [-0.39, 0.29) is 6.10 Å². The Morgan fingerprint density at radius 1 is 1.53 bits per heavy atom. The van der Waals surface area contributed by atoms with Crippen molar-refractivity contribution in [1.29, 1.82) is 5.26 Å². The number of aliphatic hydroxyl groups excluding tert-OH is 1. The van der Waals surface area contributed by atoms with Crippen molar-refractivity contribution >= 4 is 0 Å². The van der Waals surface area contributed by atoms with Gasteiger partial charge >= 0.3 is 0 Å². The first-order valence-electron chi connectivity index (χ1n) is 6.76. The number of hydrogen-bond donors (Lipinski definition) is 2. The van der Waals surface area contributed by atoms with Gasteiger partial charge in [-0.3, -0.25) is 4.90 Å². The fraction of sp³-hybridized carbons (Fsp3) is 0.533. The number of nitrogens with one attached hydrogen (secondary N) is 1. The van der Waals surface area contributed by atoms with Crippen LogP contribution in [0.4, 0.5) is 0 Å². The third-order valence-electron chi connectivity index (χ3n) is 3.25. The summed E-state index contributed by atoms with van der Waals surface area (Å²) in [6, 6.07) is 10.4. The van der Waals surface area contributed by atoms with Crippen molar-refractivity contribution in [3.05, 3.63) is 35.4 Å². The molecule has 2 rings (SSSR count). The molecule has 1 saturated carbocycles. The third-order valence-corrected chi connectivity index (χ3v) is 3.25. The number of benzene rings is 1. The first-order chi connectivity index (χ1) is 9.17. The zero-order chi connectivity index (χ0) is 13.7. The molecule has 1 unspecified atom stereocenters. The maximum atomic E-state index is 9.92. The van der Waals surface area contributed by atoms with Crippen molar-refractivity contribution in [1.82, 2.24) is 10.2 Å². The number of hydrogen-bond acceptors (Lipinski definition) is 4. The Morgan fingerprint density at radius 3 is 3.00 bits per heavy atom. The van der Waals surface area contributed by atoms with Gasteiger partial charge in [-0.25, -0.2) is 0 Å². The summed E-state index contributed by atoms with van der Waals surface area (Å²) >= 11 is 0. The fourth-order valence-corrected chi connectivity index (χ4v) is 2.13. The maximum absolute atomic E-state index is 9.92. The number of nitrogens with zero attached hydrogens (tertiary/aromatic N) is 2. The van der Waals surface area contributed by atoms with Crippen molar-refractivity contribution in [3.8, 4) is 6.07 Å². The molecule has 0 amide bonds. The molecule has 0 bridgehead atoms. The molecule has 1 atom stereocenters. The summed E-state index contributed by atoms with van der Waals surface area (Å²) in [5.74, 6) is 0. The molecule has 0 aromatic heterocycles. The minimum atomic E-state index is -0.343. The van der Waals surface area contributed by atoms with E-state index in [0.29, 0.717) is 24.7 Å². The number of rotatable bonds is 7. The van der Waals surface area contributed by atoms with Gasteiger partial charge in [0, 0.05) is 25.7 Å². The molecule has 4 nitrogen and oxygen atoms in total. The lowest BCUT2D eigenvalue weighted by Gasteiger charge is -2.21. The highest BCUT2D eigenvalue weighted by molar-refractivity contribution is 5.32. The van der Waals surface area contributed by atoms with E-state index in [9.17, 15) is 5.11 Å². The predicted molar refractivity (Wildman–Crippen MR) is 74.5 cm³/mol. The molecule has 0 heterocycles. The summed E-state index contributed by atoms with van der Waals surface area (Å²) in [6.45, 7) is 2.04. The summed E-state index contributed by atoms with van der Waals surface area (Å²) in [6.07, 6.45) is 2.14. The first kappa shape index (κ1) is 14.0. The predicted octanol–water partition coefficient (Wildman–Crippen LogP) is 1.10. The Kier molecular flexibility index (Phi) is 4.92. The Bertz CT molecular complexity index is 451. The molecule has 4 heteroatoms. The molecule has 19 heavy (non-hydrogen) atoms. The quantitative estimate of drug-likeness (QED) is 0.770. The van der Waals surface area contributed by atoms with Crippen LogP contribution in [0.5, 0.6) is 0 Å². The molecular formula is C15H21N3O. The molecule has 0 saturated heterocycles. The van der Waals surface area contributed by atoms with Gasteiger partial charge in [0.2, 0.25) is 0 Å². The SMILES string of the molecule is CN(Cc1cccc(C#N)c1)CC(O)CNC1CC1. The highest BCUT2D eigenvalue weighted by atomic mass is 16.3. The number of likely N-dealkylation sites (N-methyl/N-ethyl adjacent to an activating group) is 1. The molecule has 2 N–H and O–H groups in total. The largest absolute Gasteiger partial charge is 0.390 e. The van der Waals surface area contributed by atoms with E-state index < -0.39 is 0 Å².